The second kappa shape index (κ2) is 8.06. The molecule has 1 aliphatic heterocycles. The summed E-state index contributed by atoms with van der Waals surface area (Å²) in [6.07, 6.45) is 5.32. The highest BCUT2D eigenvalue weighted by atomic mass is 16.5. The number of aliphatic hydroxyl groups is 1. The van der Waals surface area contributed by atoms with Crippen molar-refractivity contribution < 1.29 is 19.1 Å². The largest absolute Gasteiger partial charge is 0.496 e. The number of likely N-dealkylation sites (tertiary alicyclic amines) is 1. The summed E-state index contributed by atoms with van der Waals surface area (Å²) in [6.45, 7) is 5.00. The van der Waals surface area contributed by atoms with Crippen molar-refractivity contribution in [3.63, 3.8) is 0 Å². The topological polar surface area (TPSA) is 80.0 Å². The summed E-state index contributed by atoms with van der Waals surface area (Å²) >= 11 is 0. The fourth-order valence-electron chi connectivity index (χ4n) is 5.27. The van der Waals surface area contributed by atoms with Crippen molar-refractivity contribution >= 4 is 16.9 Å². The molecule has 0 radical (unpaired) electrons. The van der Waals surface area contributed by atoms with Crippen molar-refractivity contribution in [2.45, 2.75) is 64.4 Å². The summed E-state index contributed by atoms with van der Waals surface area (Å²) in [7, 11) is 1.59. The summed E-state index contributed by atoms with van der Waals surface area (Å²) in [4.78, 5) is 27.4. The molecule has 1 aromatic carbocycles. The van der Waals surface area contributed by atoms with Gasteiger partial charge in [-0.15, -0.1) is 0 Å². The highest BCUT2D eigenvalue weighted by molar-refractivity contribution is 5.86. The van der Waals surface area contributed by atoms with Gasteiger partial charge in [-0.1, -0.05) is 12.8 Å². The second-order valence-corrected chi connectivity index (χ2v) is 8.90. The van der Waals surface area contributed by atoms with Gasteiger partial charge in [0, 0.05) is 41.9 Å². The molecule has 1 amide bonds. The normalized spacial score (nSPS) is 24.0. The quantitative estimate of drug-likeness (QED) is 0.776. The molecule has 162 valence electrons. The average Bonchev–Trinajstić information content (AvgIpc) is 2.73. The third kappa shape index (κ3) is 3.62. The number of carbonyl (C=O) groups excluding carboxylic acids is 1. The molecular weight excluding hydrogens is 382 g/mol. The van der Waals surface area contributed by atoms with Crippen molar-refractivity contribution in [3.8, 4) is 5.75 Å². The summed E-state index contributed by atoms with van der Waals surface area (Å²) in [5, 5.41) is 11.7. The lowest BCUT2D eigenvalue weighted by atomic mass is 9.71. The lowest BCUT2D eigenvalue weighted by Crippen LogP contribution is -2.54. The molecule has 30 heavy (non-hydrogen) atoms. The minimum Gasteiger partial charge on any atom is -0.496 e. The molecule has 0 bridgehead atoms. The molecule has 2 heterocycles. The van der Waals surface area contributed by atoms with Gasteiger partial charge in [0.1, 0.15) is 11.3 Å². The Balaban J connectivity index is 1.50. The zero-order valence-electron chi connectivity index (χ0n) is 18.1. The molecular formula is C24H31NO5. The van der Waals surface area contributed by atoms with E-state index in [1.165, 1.54) is 0 Å². The van der Waals surface area contributed by atoms with Gasteiger partial charge in [-0.2, -0.15) is 0 Å². The molecule has 6 nitrogen and oxygen atoms in total. The minimum atomic E-state index is -0.593. The third-order valence-corrected chi connectivity index (χ3v) is 7.24. The first-order chi connectivity index (χ1) is 14.3. The SMILES string of the molecule is COc1ccc2c(C)c(CCC(=O)N3CC[C@]4(O)CCCC[C@@H]4C3)c(=O)oc2c1C. The summed E-state index contributed by atoms with van der Waals surface area (Å²) in [5.74, 6) is 0.905. The number of hydrogen-bond acceptors (Lipinski definition) is 5. The standard InChI is InChI=1S/C24H31NO5/c1-15-18-7-9-20(29-3)16(2)22(18)30-23(27)19(15)8-10-21(26)25-13-12-24(28)11-5-4-6-17(24)14-25/h7,9,17,28H,4-6,8,10-14H2,1-3H3/t17-,24-/m1/s1. The van der Waals surface area contributed by atoms with Crippen LogP contribution >= 0.6 is 0 Å². The van der Waals surface area contributed by atoms with E-state index >= 15 is 0 Å². The van der Waals surface area contributed by atoms with E-state index in [2.05, 4.69) is 0 Å². The molecule has 1 aliphatic carbocycles. The number of methoxy groups -OCH3 is 1. The fourth-order valence-corrected chi connectivity index (χ4v) is 5.27. The van der Waals surface area contributed by atoms with Crippen LogP contribution < -0.4 is 10.4 Å². The molecule has 2 aromatic rings. The Morgan fingerprint density at radius 2 is 2.07 bits per heavy atom. The summed E-state index contributed by atoms with van der Waals surface area (Å²) < 4.78 is 10.9. The Morgan fingerprint density at radius 1 is 1.27 bits per heavy atom. The highest BCUT2D eigenvalue weighted by Crippen LogP contribution is 2.40. The third-order valence-electron chi connectivity index (χ3n) is 7.24. The van der Waals surface area contributed by atoms with E-state index in [-0.39, 0.29) is 23.9 Å². The fraction of sp³-hybridized carbons (Fsp3) is 0.583. The van der Waals surface area contributed by atoms with E-state index < -0.39 is 5.60 Å². The van der Waals surface area contributed by atoms with Gasteiger partial charge in [0.25, 0.3) is 0 Å². The van der Waals surface area contributed by atoms with Gasteiger partial charge in [0.05, 0.1) is 12.7 Å². The number of ether oxygens (including phenoxy) is 1. The van der Waals surface area contributed by atoms with Gasteiger partial charge in [-0.3, -0.25) is 4.79 Å². The van der Waals surface area contributed by atoms with Crippen LogP contribution in [0.4, 0.5) is 0 Å². The number of amides is 1. The zero-order valence-corrected chi connectivity index (χ0v) is 18.1. The van der Waals surface area contributed by atoms with Crippen molar-refractivity contribution in [2.75, 3.05) is 20.2 Å². The number of aryl methyl sites for hydroxylation is 2. The number of rotatable bonds is 4. The van der Waals surface area contributed by atoms with Gasteiger partial charge in [-0.25, -0.2) is 4.79 Å². The Morgan fingerprint density at radius 3 is 2.83 bits per heavy atom. The van der Waals surface area contributed by atoms with Crippen LogP contribution in [0.1, 0.15) is 55.2 Å². The number of piperidine rings is 1. The van der Waals surface area contributed by atoms with E-state index in [1.807, 2.05) is 30.9 Å². The number of nitrogens with zero attached hydrogens (tertiary/aromatic N) is 1. The van der Waals surface area contributed by atoms with Crippen LogP contribution in [-0.2, 0) is 11.2 Å². The molecule has 0 spiro atoms. The summed E-state index contributed by atoms with van der Waals surface area (Å²) in [6, 6.07) is 3.78. The lowest BCUT2D eigenvalue weighted by molar-refractivity contribution is -0.143. The van der Waals surface area contributed by atoms with Crippen LogP contribution in [0.3, 0.4) is 0 Å². The molecule has 1 aromatic heterocycles. The summed E-state index contributed by atoms with van der Waals surface area (Å²) in [5.41, 5.74) is 1.78. The van der Waals surface area contributed by atoms with Gasteiger partial charge in [0.15, 0.2) is 0 Å². The maximum absolute atomic E-state index is 12.9. The smallest absolute Gasteiger partial charge is 0.339 e. The average molecular weight is 414 g/mol. The van der Waals surface area contributed by atoms with Crippen LogP contribution in [0.25, 0.3) is 11.0 Å². The van der Waals surface area contributed by atoms with Crippen molar-refractivity contribution in [3.05, 3.63) is 39.2 Å². The van der Waals surface area contributed by atoms with Crippen molar-refractivity contribution in [2.24, 2.45) is 5.92 Å². The molecule has 2 aliphatic rings. The second-order valence-electron chi connectivity index (χ2n) is 8.90. The number of fused-ring (bicyclic) bond motifs is 2. The highest BCUT2D eigenvalue weighted by Gasteiger charge is 2.43. The number of carbonyl (C=O) groups is 1. The first-order valence-electron chi connectivity index (χ1n) is 10.9. The maximum Gasteiger partial charge on any atom is 0.339 e. The predicted octanol–water partition coefficient (Wildman–Crippen LogP) is 3.50. The number of benzene rings is 1. The molecule has 2 atom stereocenters. The first-order valence-corrected chi connectivity index (χ1v) is 10.9. The molecule has 6 heteroatoms. The Kier molecular flexibility index (Phi) is 5.62. The van der Waals surface area contributed by atoms with E-state index in [9.17, 15) is 14.7 Å². The van der Waals surface area contributed by atoms with Crippen LogP contribution in [0.5, 0.6) is 5.75 Å². The van der Waals surface area contributed by atoms with Crippen LogP contribution in [0.2, 0.25) is 0 Å². The van der Waals surface area contributed by atoms with Gasteiger partial charge >= 0.3 is 5.63 Å². The van der Waals surface area contributed by atoms with E-state index in [0.717, 1.165) is 42.2 Å². The molecule has 1 saturated heterocycles. The van der Waals surface area contributed by atoms with E-state index in [4.69, 9.17) is 9.15 Å². The van der Waals surface area contributed by atoms with Gasteiger partial charge < -0.3 is 19.2 Å². The lowest BCUT2D eigenvalue weighted by Gasteiger charge is -2.47. The van der Waals surface area contributed by atoms with Crippen LogP contribution in [-0.4, -0.2) is 41.7 Å². The maximum atomic E-state index is 12.9. The van der Waals surface area contributed by atoms with Crippen LogP contribution in [0.15, 0.2) is 21.3 Å². The Hall–Kier alpha value is -2.34. The first kappa shape index (κ1) is 20.9. The van der Waals surface area contributed by atoms with Gasteiger partial charge in [0.2, 0.25) is 5.91 Å². The Labute approximate surface area is 176 Å². The molecule has 0 unspecified atom stereocenters. The van der Waals surface area contributed by atoms with Gasteiger partial charge in [-0.05, 0) is 57.2 Å². The van der Waals surface area contributed by atoms with Crippen LogP contribution in [0, 0.1) is 19.8 Å². The van der Waals surface area contributed by atoms with E-state index in [0.29, 0.717) is 42.8 Å². The molecule has 4 rings (SSSR count). The van der Waals surface area contributed by atoms with Crippen molar-refractivity contribution in [1.82, 2.24) is 4.90 Å². The molecule has 1 saturated carbocycles. The number of hydrogen-bond donors (Lipinski definition) is 1. The minimum absolute atomic E-state index is 0.0485. The predicted molar refractivity (Wildman–Crippen MR) is 115 cm³/mol. The molecule has 1 N–H and O–H groups in total. The zero-order chi connectivity index (χ0) is 21.5. The molecule has 2 fully saturated rings. The monoisotopic (exact) mass is 413 g/mol. The van der Waals surface area contributed by atoms with Crippen molar-refractivity contribution in [1.29, 1.82) is 0 Å². The van der Waals surface area contributed by atoms with E-state index in [1.54, 1.807) is 7.11 Å². The Bertz CT molecular complexity index is 1030.